The minimum atomic E-state index is -0.510. The van der Waals surface area contributed by atoms with Gasteiger partial charge in [0.25, 0.3) is 0 Å². The molecule has 0 saturated heterocycles. The largest absolute Gasteiger partial charge is 0.493 e. The van der Waals surface area contributed by atoms with Crippen molar-refractivity contribution in [1.29, 1.82) is 0 Å². The topological polar surface area (TPSA) is 49.0 Å². The summed E-state index contributed by atoms with van der Waals surface area (Å²) in [7, 11) is 5.12. The van der Waals surface area contributed by atoms with E-state index in [1.807, 2.05) is 24.3 Å². The second-order valence-corrected chi connectivity index (χ2v) is 9.98. The van der Waals surface area contributed by atoms with Crippen molar-refractivity contribution in [2.24, 2.45) is 5.92 Å². The Morgan fingerprint density at radius 2 is 1.76 bits per heavy atom. The average Bonchev–Trinajstić information content (AvgIpc) is 3.80. The molecule has 1 fully saturated rings. The minimum Gasteiger partial charge on any atom is -0.493 e. The highest BCUT2D eigenvalue weighted by Crippen LogP contribution is 2.46. The highest BCUT2D eigenvalue weighted by atomic mass is 16.5. The predicted molar refractivity (Wildman–Crippen MR) is 147 cm³/mol. The first-order valence-corrected chi connectivity index (χ1v) is 12.9. The van der Waals surface area contributed by atoms with Crippen LogP contribution in [0.1, 0.15) is 30.4 Å². The van der Waals surface area contributed by atoms with E-state index >= 15 is 0 Å². The molecule has 1 atom stereocenters. The average molecular weight is 496 g/mol. The molecule has 1 N–H and O–H groups in total. The van der Waals surface area contributed by atoms with E-state index in [2.05, 4.69) is 53.9 Å². The molecule has 3 aromatic carbocycles. The van der Waals surface area contributed by atoms with Crippen LogP contribution in [0.25, 0.3) is 27.8 Å². The Morgan fingerprint density at radius 1 is 0.919 bits per heavy atom. The molecule has 0 aromatic heterocycles. The molecule has 2 aliphatic carbocycles. The van der Waals surface area contributed by atoms with Crippen molar-refractivity contribution >= 4 is 5.57 Å². The molecular weight excluding hydrogens is 462 g/mol. The summed E-state index contributed by atoms with van der Waals surface area (Å²) in [5.41, 5.74) is 7.43. The van der Waals surface area contributed by atoms with Crippen LogP contribution in [0.15, 0.2) is 72.8 Å². The van der Waals surface area contributed by atoms with Crippen molar-refractivity contribution < 1.29 is 18.9 Å². The van der Waals surface area contributed by atoms with Crippen molar-refractivity contribution in [3.63, 3.8) is 0 Å². The van der Waals surface area contributed by atoms with Crippen molar-refractivity contribution in [3.05, 3.63) is 84.0 Å². The van der Waals surface area contributed by atoms with Gasteiger partial charge in [-0.3, -0.25) is 5.32 Å². The lowest BCUT2D eigenvalue weighted by atomic mass is 9.84. The molecular formula is C32H33NO4. The van der Waals surface area contributed by atoms with Gasteiger partial charge in [-0.1, -0.05) is 48.6 Å². The first-order chi connectivity index (χ1) is 18.2. The summed E-state index contributed by atoms with van der Waals surface area (Å²) in [6.07, 6.45) is 9.91. The Labute approximate surface area is 218 Å². The van der Waals surface area contributed by atoms with Crippen LogP contribution >= 0.6 is 0 Å². The number of rotatable bonds is 8. The number of benzene rings is 3. The van der Waals surface area contributed by atoms with Crippen LogP contribution in [0.4, 0.5) is 0 Å². The smallest absolute Gasteiger partial charge is 0.161 e. The summed E-state index contributed by atoms with van der Waals surface area (Å²) in [5.74, 6) is 3.08. The second-order valence-electron chi connectivity index (χ2n) is 9.98. The molecule has 5 nitrogen and oxygen atoms in total. The van der Waals surface area contributed by atoms with Crippen molar-refractivity contribution in [3.8, 4) is 39.5 Å². The van der Waals surface area contributed by atoms with Gasteiger partial charge in [-0.25, -0.2) is 0 Å². The lowest BCUT2D eigenvalue weighted by Gasteiger charge is -2.37. The molecule has 1 saturated carbocycles. The quantitative estimate of drug-likeness (QED) is 0.356. The second kappa shape index (κ2) is 9.73. The van der Waals surface area contributed by atoms with Crippen LogP contribution < -0.4 is 19.5 Å². The van der Waals surface area contributed by atoms with Gasteiger partial charge >= 0.3 is 0 Å². The Hall–Kier alpha value is -3.54. The molecule has 6 rings (SSSR count). The molecule has 3 aromatic rings. The maximum absolute atomic E-state index is 6.29. The van der Waals surface area contributed by atoms with Crippen molar-refractivity contribution in [2.75, 3.05) is 27.9 Å². The maximum atomic E-state index is 6.29. The van der Waals surface area contributed by atoms with Gasteiger partial charge in [0, 0.05) is 31.2 Å². The number of methoxy groups -OCH3 is 3. The van der Waals surface area contributed by atoms with Gasteiger partial charge in [-0.15, -0.1) is 0 Å². The lowest BCUT2D eigenvalue weighted by Crippen LogP contribution is -2.49. The summed E-state index contributed by atoms with van der Waals surface area (Å²) in [6, 6.07) is 19.0. The van der Waals surface area contributed by atoms with E-state index in [-0.39, 0.29) is 0 Å². The van der Waals surface area contributed by atoms with Gasteiger partial charge in [-0.05, 0) is 70.8 Å². The molecule has 190 valence electrons. The molecule has 0 radical (unpaired) electrons. The fourth-order valence-corrected chi connectivity index (χ4v) is 5.49. The predicted octanol–water partition coefficient (Wildman–Crippen LogP) is 6.62. The van der Waals surface area contributed by atoms with Crippen LogP contribution in [0.2, 0.25) is 0 Å². The van der Waals surface area contributed by atoms with E-state index in [0.29, 0.717) is 18.1 Å². The molecule has 0 amide bonds. The zero-order valence-corrected chi connectivity index (χ0v) is 21.7. The summed E-state index contributed by atoms with van der Waals surface area (Å²) in [4.78, 5) is 0. The Balaban J connectivity index is 1.40. The van der Waals surface area contributed by atoms with Crippen LogP contribution in [0.3, 0.4) is 0 Å². The van der Waals surface area contributed by atoms with E-state index in [1.54, 1.807) is 21.3 Å². The highest BCUT2D eigenvalue weighted by molar-refractivity contribution is 5.91. The Kier molecular flexibility index (Phi) is 6.27. The number of hydrogen-bond donors (Lipinski definition) is 1. The maximum Gasteiger partial charge on any atom is 0.161 e. The minimum absolute atomic E-state index is 0.510. The molecule has 1 heterocycles. The zero-order valence-electron chi connectivity index (χ0n) is 21.7. The number of ether oxygens (including phenoxy) is 4. The summed E-state index contributed by atoms with van der Waals surface area (Å²) < 4.78 is 23.5. The number of hydrogen-bond acceptors (Lipinski definition) is 5. The fraction of sp³-hybridized carbons (Fsp3) is 0.312. The zero-order chi connectivity index (χ0) is 25.4. The standard InChI is InChI=1S/C32H33NO4/c1-34-28-15-13-22(18-30(28)35-2)25-7-6-9-29-31(25)26-14-12-23(17-24(26)20-37-29)27-8-4-5-16-32(27,36-3)33-19-21-10-11-21/h4-9,12-15,17-18,21,33H,10-11,16,19-20H2,1-3H3. The molecule has 5 heteroatoms. The summed E-state index contributed by atoms with van der Waals surface area (Å²) in [5, 5.41) is 3.75. The Bertz CT molecular complexity index is 1390. The monoisotopic (exact) mass is 495 g/mol. The van der Waals surface area contributed by atoms with Crippen LogP contribution in [-0.4, -0.2) is 33.6 Å². The summed E-state index contributed by atoms with van der Waals surface area (Å²) >= 11 is 0. The van der Waals surface area contributed by atoms with E-state index < -0.39 is 5.72 Å². The number of allylic oxidation sites excluding steroid dienone is 2. The van der Waals surface area contributed by atoms with Gasteiger partial charge in [0.05, 0.1) is 14.2 Å². The number of fused-ring (bicyclic) bond motifs is 3. The van der Waals surface area contributed by atoms with Gasteiger partial charge in [0.1, 0.15) is 18.1 Å². The summed E-state index contributed by atoms with van der Waals surface area (Å²) in [6.45, 7) is 1.51. The third-order valence-electron chi connectivity index (χ3n) is 7.75. The van der Waals surface area contributed by atoms with Crippen molar-refractivity contribution in [1.82, 2.24) is 5.32 Å². The van der Waals surface area contributed by atoms with Gasteiger partial charge in [0.2, 0.25) is 0 Å². The number of nitrogens with one attached hydrogen (secondary N) is 1. The third-order valence-corrected chi connectivity index (χ3v) is 7.75. The van der Waals surface area contributed by atoms with Gasteiger partial charge in [-0.2, -0.15) is 0 Å². The van der Waals surface area contributed by atoms with Crippen molar-refractivity contribution in [2.45, 2.75) is 31.6 Å². The lowest BCUT2D eigenvalue weighted by molar-refractivity contribution is 0.0128. The molecule has 3 aliphatic rings. The first-order valence-electron chi connectivity index (χ1n) is 12.9. The van der Waals surface area contributed by atoms with Gasteiger partial charge in [0.15, 0.2) is 11.5 Å². The molecule has 1 aliphatic heterocycles. The SMILES string of the molecule is COc1ccc(-c2cccc3c2-c2ccc(C4=CC=CCC4(NCC4CC4)OC)cc2CO3)cc1OC. The molecule has 0 bridgehead atoms. The fourth-order valence-electron chi connectivity index (χ4n) is 5.49. The molecule has 0 spiro atoms. The van der Waals surface area contributed by atoms with Crippen LogP contribution in [0, 0.1) is 5.92 Å². The van der Waals surface area contributed by atoms with E-state index in [4.69, 9.17) is 18.9 Å². The van der Waals surface area contributed by atoms with Crippen LogP contribution in [-0.2, 0) is 11.3 Å². The van der Waals surface area contributed by atoms with E-state index in [0.717, 1.165) is 46.9 Å². The van der Waals surface area contributed by atoms with E-state index in [1.165, 1.54) is 29.5 Å². The Morgan fingerprint density at radius 3 is 2.54 bits per heavy atom. The molecule has 37 heavy (non-hydrogen) atoms. The van der Waals surface area contributed by atoms with Crippen LogP contribution in [0.5, 0.6) is 17.2 Å². The van der Waals surface area contributed by atoms with Gasteiger partial charge < -0.3 is 18.9 Å². The molecule has 1 unspecified atom stereocenters. The third kappa shape index (κ3) is 4.32. The highest BCUT2D eigenvalue weighted by Gasteiger charge is 2.37. The first kappa shape index (κ1) is 23.8. The normalized spacial score (nSPS) is 19.9. The van der Waals surface area contributed by atoms with E-state index in [9.17, 15) is 0 Å².